The van der Waals surface area contributed by atoms with Gasteiger partial charge in [0, 0.05) is 13.1 Å². The van der Waals surface area contributed by atoms with E-state index in [0.29, 0.717) is 19.5 Å². The van der Waals surface area contributed by atoms with Crippen LogP contribution >= 0.6 is 0 Å². The van der Waals surface area contributed by atoms with Gasteiger partial charge in [0.25, 0.3) is 0 Å². The molecule has 0 aliphatic carbocycles. The van der Waals surface area contributed by atoms with Gasteiger partial charge in [-0.25, -0.2) is 4.79 Å². The van der Waals surface area contributed by atoms with Gasteiger partial charge in [-0.05, 0) is 52.5 Å². The summed E-state index contributed by atoms with van der Waals surface area (Å²) in [6.07, 6.45) is 2.12. The zero-order valence-corrected chi connectivity index (χ0v) is 15.1. The lowest BCUT2D eigenvalue weighted by Gasteiger charge is -2.35. The van der Waals surface area contributed by atoms with E-state index in [4.69, 9.17) is 4.74 Å². The van der Waals surface area contributed by atoms with E-state index in [2.05, 4.69) is 5.32 Å². The quantitative estimate of drug-likeness (QED) is 0.923. The first-order chi connectivity index (χ1) is 11.3. The van der Waals surface area contributed by atoms with E-state index in [1.165, 1.54) is 5.56 Å². The van der Waals surface area contributed by atoms with Crippen LogP contribution in [-0.4, -0.2) is 35.1 Å². The van der Waals surface area contributed by atoms with Gasteiger partial charge in [-0.15, -0.1) is 0 Å². The van der Waals surface area contributed by atoms with Crippen LogP contribution < -0.4 is 5.32 Å². The van der Waals surface area contributed by atoms with Crippen molar-refractivity contribution < 1.29 is 14.3 Å². The second-order valence-electron chi connectivity index (χ2n) is 7.39. The average molecular weight is 332 g/mol. The molecule has 0 radical (unpaired) electrons. The highest BCUT2D eigenvalue weighted by molar-refractivity contribution is 5.85. The van der Waals surface area contributed by atoms with Gasteiger partial charge in [-0.1, -0.05) is 29.8 Å². The molecule has 1 aromatic rings. The van der Waals surface area contributed by atoms with E-state index in [9.17, 15) is 9.59 Å². The number of nitrogens with one attached hydrogen (secondary N) is 1. The van der Waals surface area contributed by atoms with Crippen molar-refractivity contribution in [3.8, 4) is 0 Å². The molecule has 0 aromatic heterocycles. The Morgan fingerprint density at radius 3 is 2.50 bits per heavy atom. The summed E-state index contributed by atoms with van der Waals surface area (Å²) in [6, 6.07) is 7.60. The number of carbonyl (C=O) groups excluding carboxylic acids is 2. The first-order valence-electron chi connectivity index (χ1n) is 8.59. The van der Waals surface area contributed by atoms with Gasteiger partial charge in [0.2, 0.25) is 5.91 Å². The Kier molecular flexibility index (Phi) is 5.86. The Balaban J connectivity index is 1.97. The average Bonchev–Trinajstić information content (AvgIpc) is 2.52. The molecule has 2 amide bonds. The molecule has 1 heterocycles. The molecule has 1 N–H and O–H groups in total. The van der Waals surface area contributed by atoms with Crippen molar-refractivity contribution in [2.45, 2.75) is 65.1 Å². The maximum Gasteiger partial charge on any atom is 0.410 e. The van der Waals surface area contributed by atoms with E-state index in [0.717, 1.165) is 18.4 Å². The first-order valence-corrected chi connectivity index (χ1v) is 8.59. The largest absolute Gasteiger partial charge is 0.444 e. The molecule has 1 aromatic carbocycles. The number of rotatable bonds is 3. The molecular weight excluding hydrogens is 304 g/mol. The second-order valence-corrected chi connectivity index (χ2v) is 7.39. The third-order valence-electron chi connectivity index (χ3n) is 4.02. The van der Waals surface area contributed by atoms with E-state index in [-0.39, 0.29) is 5.91 Å². The number of benzene rings is 1. The van der Waals surface area contributed by atoms with E-state index < -0.39 is 17.7 Å². The van der Waals surface area contributed by atoms with E-state index in [1.807, 2.05) is 52.0 Å². The Hall–Kier alpha value is -2.04. The minimum atomic E-state index is -0.558. The predicted molar refractivity (Wildman–Crippen MR) is 93.6 cm³/mol. The van der Waals surface area contributed by atoms with Crippen molar-refractivity contribution in [1.82, 2.24) is 10.2 Å². The molecule has 2 rings (SSSR count). The molecule has 1 fully saturated rings. The smallest absolute Gasteiger partial charge is 0.410 e. The van der Waals surface area contributed by atoms with Crippen LogP contribution in [0.5, 0.6) is 0 Å². The predicted octanol–water partition coefficient (Wildman–Crippen LogP) is 3.40. The minimum absolute atomic E-state index is 0.110. The Morgan fingerprint density at radius 2 is 1.88 bits per heavy atom. The van der Waals surface area contributed by atoms with Crippen molar-refractivity contribution in [1.29, 1.82) is 0 Å². The molecule has 1 saturated heterocycles. The summed E-state index contributed by atoms with van der Waals surface area (Å²) in [5, 5.41) is 2.95. The fourth-order valence-corrected chi connectivity index (χ4v) is 2.76. The summed E-state index contributed by atoms with van der Waals surface area (Å²) >= 11 is 0. The van der Waals surface area contributed by atoms with Crippen LogP contribution in [0.4, 0.5) is 4.79 Å². The lowest BCUT2D eigenvalue weighted by atomic mass is 10.0. The van der Waals surface area contributed by atoms with Crippen LogP contribution in [0.1, 0.15) is 51.2 Å². The standard InChI is InChI=1S/C19H28N2O3/c1-14-8-10-15(11-9-14)13-20-17(22)16-7-5-6-12-21(16)18(23)24-19(2,3)4/h8-11,16H,5-7,12-13H2,1-4H3,(H,20,22)/t16-/m1/s1. The molecule has 1 aliphatic rings. The van der Waals surface area contributed by atoms with Gasteiger partial charge in [0.05, 0.1) is 0 Å². The fraction of sp³-hybridized carbons (Fsp3) is 0.579. The van der Waals surface area contributed by atoms with Crippen molar-refractivity contribution >= 4 is 12.0 Å². The number of likely N-dealkylation sites (tertiary alicyclic amines) is 1. The molecule has 1 atom stereocenters. The van der Waals surface area contributed by atoms with Gasteiger partial charge in [-0.3, -0.25) is 9.69 Å². The molecule has 0 spiro atoms. The Labute approximate surface area is 144 Å². The molecule has 0 unspecified atom stereocenters. The number of hydrogen-bond donors (Lipinski definition) is 1. The third-order valence-corrected chi connectivity index (χ3v) is 4.02. The topological polar surface area (TPSA) is 58.6 Å². The number of nitrogens with zero attached hydrogens (tertiary/aromatic N) is 1. The Bertz CT molecular complexity index is 575. The van der Waals surface area contributed by atoms with Gasteiger partial charge in [-0.2, -0.15) is 0 Å². The summed E-state index contributed by atoms with van der Waals surface area (Å²) in [6.45, 7) is 8.57. The second kappa shape index (κ2) is 7.69. The summed E-state index contributed by atoms with van der Waals surface area (Å²) in [4.78, 5) is 26.5. The fourth-order valence-electron chi connectivity index (χ4n) is 2.76. The number of aryl methyl sites for hydroxylation is 1. The summed E-state index contributed by atoms with van der Waals surface area (Å²) in [5.74, 6) is -0.110. The van der Waals surface area contributed by atoms with Gasteiger partial charge in [0.15, 0.2) is 0 Å². The number of hydrogen-bond acceptors (Lipinski definition) is 3. The molecule has 132 valence electrons. The van der Waals surface area contributed by atoms with Gasteiger partial charge < -0.3 is 10.1 Å². The van der Waals surface area contributed by atoms with Crippen LogP contribution in [0.25, 0.3) is 0 Å². The maximum atomic E-state index is 12.6. The summed E-state index contributed by atoms with van der Waals surface area (Å²) in [7, 11) is 0. The van der Waals surface area contributed by atoms with Crippen LogP contribution in [0.3, 0.4) is 0 Å². The van der Waals surface area contributed by atoms with Crippen LogP contribution in [0, 0.1) is 6.92 Å². The number of amides is 2. The highest BCUT2D eigenvalue weighted by atomic mass is 16.6. The lowest BCUT2D eigenvalue weighted by molar-refractivity contribution is -0.127. The minimum Gasteiger partial charge on any atom is -0.444 e. The monoisotopic (exact) mass is 332 g/mol. The van der Waals surface area contributed by atoms with Gasteiger partial charge in [0.1, 0.15) is 11.6 Å². The highest BCUT2D eigenvalue weighted by Gasteiger charge is 2.34. The summed E-state index contributed by atoms with van der Waals surface area (Å²) in [5.41, 5.74) is 1.68. The highest BCUT2D eigenvalue weighted by Crippen LogP contribution is 2.20. The molecule has 0 bridgehead atoms. The molecule has 5 heteroatoms. The normalized spacial score (nSPS) is 18.2. The van der Waals surface area contributed by atoms with Crippen LogP contribution in [-0.2, 0) is 16.1 Å². The first kappa shape index (κ1) is 18.3. The Morgan fingerprint density at radius 1 is 1.21 bits per heavy atom. The molecule has 5 nitrogen and oxygen atoms in total. The van der Waals surface area contributed by atoms with Gasteiger partial charge >= 0.3 is 6.09 Å². The van der Waals surface area contributed by atoms with Crippen molar-refractivity contribution in [2.24, 2.45) is 0 Å². The zero-order valence-electron chi connectivity index (χ0n) is 15.1. The SMILES string of the molecule is Cc1ccc(CNC(=O)[C@H]2CCCCN2C(=O)OC(C)(C)C)cc1. The lowest BCUT2D eigenvalue weighted by Crippen LogP contribution is -2.52. The van der Waals surface area contributed by atoms with Crippen molar-refractivity contribution in [2.75, 3.05) is 6.54 Å². The number of piperidine rings is 1. The molecule has 1 aliphatic heterocycles. The number of carbonyl (C=O) groups is 2. The zero-order chi connectivity index (χ0) is 17.7. The molecule has 24 heavy (non-hydrogen) atoms. The van der Waals surface area contributed by atoms with E-state index >= 15 is 0 Å². The van der Waals surface area contributed by atoms with Crippen LogP contribution in [0.15, 0.2) is 24.3 Å². The van der Waals surface area contributed by atoms with Crippen molar-refractivity contribution in [3.05, 3.63) is 35.4 Å². The molecular formula is C19H28N2O3. The maximum absolute atomic E-state index is 12.6. The van der Waals surface area contributed by atoms with Crippen molar-refractivity contribution in [3.63, 3.8) is 0 Å². The molecule has 0 saturated carbocycles. The van der Waals surface area contributed by atoms with Crippen LogP contribution in [0.2, 0.25) is 0 Å². The summed E-state index contributed by atoms with van der Waals surface area (Å²) < 4.78 is 5.44. The van der Waals surface area contributed by atoms with E-state index in [1.54, 1.807) is 4.90 Å². The number of ether oxygens (including phenoxy) is 1. The third kappa shape index (κ3) is 5.25.